The van der Waals surface area contributed by atoms with Crippen molar-refractivity contribution in [1.29, 1.82) is 0 Å². The number of hydrogen-bond acceptors (Lipinski definition) is 2. The number of rotatable bonds is 4. The number of halogens is 2. The van der Waals surface area contributed by atoms with E-state index in [-0.39, 0.29) is 0 Å². The maximum absolute atomic E-state index is 10.8. The molecule has 1 aromatic rings. The van der Waals surface area contributed by atoms with E-state index in [2.05, 4.69) is 15.9 Å². The van der Waals surface area contributed by atoms with Gasteiger partial charge in [0.05, 0.1) is 5.25 Å². The van der Waals surface area contributed by atoms with Crippen LogP contribution in [0.1, 0.15) is 16.4 Å². The lowest BCUT2D eigenvalue weighted by Crippen LogP contribution is -2.07. The van der Waals surface area contributed by atoms with Crippen LogP contribution in [-0.2, 0) is 17.0 Å². The molecule has 0 spiro atoms. The molecule has 2 atom stereocenters. The van der Waals surface area contributed by atoms with E-state index in [1.807, 2.05) is 12.1 Å². The van der Waals surface area contributed by atoms with Gasteiger partial charge in [-0.05, 0) is 22.2 Å². The summed E-state index contributed by atoms with van der Waals surface area (Å²) in [6, 6.07) is 7.26. The predicted octanol–water partition coefficient (Wildman–Crippen LogP) is 2.74. The highest BCUT2D eigenvalue weighted by Crippen LogP contribution is 2.21. The molecular formula is C9H9BrClO2S-. The van der Waals surface area contributed by atoms with Gasteiger partial charge in [-0.25, -0.2) is 0 Å². The van der Waals surface area contributed by atoms with E-state index in [0.29, 0.717) is 11.2 Å². The lowest BCUT2D eigenvalue weighted by atomic mass is 10.1. The van der Waals surface area contributed by atoms with Crippen molar-refractivity contribution in [2.75, 3.05) is 5.33 Å². The lowest BCUT2D eigenvalue weighted by Gasteiger charge is -2.17. The van der Waals surface area contributed by atoms with Gasteiger partial charge in [0, 0.05) is 11.2 Å². The van der Waals surface area contributed by atoms with Crippen LogP contribution in [0.3, 0.4) is 0 Å². The molecule has 0 aromatic heterocycles. The summed E-state index contributed by atoms with van der Waals surface area (Å²) in [7, 11) is 0. The molecule has 0 heterocycles. The summed E-state index contributed by atoms with van der Waals surface area (Å²) >= 11 is 6.70. The Labute approximate surface area is 99.1 Å². The van der Waals surface area contributed by atoms with Gasteiger partial charge in [0.2, 0.25) is 0 Å². The van der Waals surface area contributed by atoms with Crippen LogP contribution < -0.4 is 0 Å². The molecule has 0 saturated carbocycles. The van der Waals surface area contributed by atoms with Crippen LogP contribution in [0.25, 0.3) is 0 Å². The standard InChI is InChI=1S/C9H10BrClO2S/c10-5-9(14(12)13)8-3-1-7(6-11)2-4-8/h1-4,9H,5-6H2,(H,12,13)/p-1. The van der Waals surface area contributed by atoms with Gasteiger partial charge in [0.15, 0.2) is 0 Å². The Morgan fingerprint density at radius 2 is 2.00 bits per heavy atom. The van der Waals surface area contributed by atoms with Crippen molar-refractivity contribution in [3.05, 3.63) is 35.4 Å². The van der Waals surface area contributed by atoms with Gasteiger partial charge >= 0.3 is 0 Å². The zero-order valence-electron chi connectivity index (χ0n) is 7.28. The first-order valence-electron chi connectivity index (χ1n) is 3.98. The summed E-state index contributed by atoms with van der Waals surface area (Å²) in [5.41, 5.74) is 1.77. The van der Waals surface area contributed by atoms with Crippen molar-refractivity contribution >= 4 is 38.6 Å². The van der Waals surface area contributed by atoms with E-state index in [1.54, 1.807) is 12.1 Å². The molecule has 14 heavy (non-hydrogen) atoms. The van der Waals surface area contributed by atoms with Gasteiger partial charge in [0.25, 0.3) is 0 Å². The minimum absolute atomic E-state index is 0.406. The monoisotopic (exact) mass is 295 g/mol. The van der Waals surface area contributed by atoms with Gasteiger partial charge < -0.3 is 4.55 Å². The van der Waals surface area contributed by atoms with E-state index in [9.17, 15) is 8.76 Å². The number of alkyl halides is 2. The Balaban J connectivity index is 2.89. The fraction of sp³-hybridized carbons (Fsp3) is 0.333. The second-order valence-electron chi connectivity index (χ2n) is 2.78. The molecule has 78 valence electrons. The third kappa shape index (κ3) is 3.05. The van der Waals surface area contributed by atoms with Crippen molar-refractivity contribution in [1.82, 2.24) is 0 Å². The zero-order valence-corrected chi connectivity index (χ0v) is 10.4. The van der Waals surface area contributed by atoms with Crippen LogP contribution >= 0.6 is 27.5 Å². The fourth-order valence-electron chi connectivity index (χ4n) is 1.07. The van der Waals surface area contributed by atoms with Crippen LogP contribution in [0.15, 0.2) is 24.3 Å². The molecule has 5 heteroatoms. The molecule has 2 unspecified atom stereocenters. The van der Waals surface area contributed by atoms with E-state index in [4.69, 9.17) is 11.6 Å². The van der Waals surface area contributed by atoms with Crippen LogP contribution in [0.2, 0.25) is 0 Å². The van der Waals surface area contributed by atoms with Crippen LogP contribution in [0.5, 0.6) is 0 Å². The van der Waals surface area contributed by atoms with E-state index < -0.39 is 16.3 Å². The van der Waals surface area contributed by atoms with E-state index in [0.717, 1.165) is 11.1 Å². The molecule has 0 bridgehead atoms. The van der Waals surface area contributed by atoms with Crippen molar-refractivity contribution in [2.45, 2.75) is 11.1 Å². The SMILES string of the molecule is O=S([O-])C(CBr)c1ccc(CCl)cc1. The summed E-state index contributed by atoms with van der Waals surface area (Å²) in [6.07, 6.45) is 0. The first-order valence-corrected chi connectivity index (χ1v) is 6.77. The minimum Gasteiger partial charge on any atom is -0.772 e. The number of benzene rings is 1. The maximum Gasteiger partial charge on any atom is 0.0561 e. The smallest absolute Gasteiger partial charge is 0.0561 e. The van der Waals surface area contributed by atoms with Crippen LogP contribution in [-0.4, -0.2) is 14.1 Å². The highest BCUT2D eigenvalue weighted by Gasteiger charge is 2.09. The molecule has 0 aliphatic carbocycles. The van der Waals surface area contributed by atoms with Crippen molar-refractivity contribution in [3.63, 3.8) is 0 Å². The van der Waals surface area contributed by atoms with Gasteiger partial charge in [-0.2, -0.15) is 0 Å². The molecule has 0 N–H and O–H groups in total. The van der Waals surface area contributed by atoms with Crippen molar-refractivity contribution in [3.8, 4) is 0 Å². The van der Waals surface area contributed by atoms with Crippen LogP contribution in [0, 0.1) is 0 Å². The Bertz CT molecular complexity index is 315. The molecule has 0 aliphatic rings. The first kappa shape index (κ1) is 12.2. The predicted molar refractivity (Wildman–Crippen MR) is 61.5 cm³/mol. The largest absolute Gasteiger partial charge is 0.772 e. The van der Waals surface area contributed by atoms with Gasteiger partial charge in [-0.1, -0.05) is 40.2 Å². The fourth-order valence-corrected chi connectivity index (χ4v) is 2.75. The van der Waals surface area contributed by atoms with Gasteiger partial charge in [-0.3, -0.25) is 4.21 Å². The highest BCUT2D eigenvalue weighted by molar-refractivity contribution is 9.09. The summed E-state index contributed by atoms with van der Waals surface area (Å²) in [4.78, 5) is 0. The Hall–Kier alpha value is 0.1000. The van der Waals surface area contributed by atoms with E-state index in [1.165, 1.54) is 0 Å². The molecular weight excluding hydrogens is 288 g/mol. The van der Waals surface area contributed by atoms with Crippen molar-refractivity contribution in [2.24, 2.45) is 0 Å². The second-order valence-corrected chi connectivity index (χ2v) is 4.78. The molecule has 0 saturated heterocycles. The molecule has 0 fully saturated rings. The molecule has 0 amide bonds. The highest BCUT2D eigenvalue weighted by atomic mass is 79.9. The molecule has 2 nitrogen and oxygen atoms in total. The molecule has 1 aromatic carbocycles. The molecule has 0 aliphatic heterocycles. The third-order valence-corrected chi connectivity index (χ3v) is 4.17. The van der Waals surface area contributed by atoms with E-state index >= 15 is 0 Å². The third-order valence-electron chi connectivity index (χ3n) is 1.88. The lowest BCUT2D eigenvalue weighted by molar-refractivity contribution is 0.528. The summed E-state index contributed by atoms with van der Waals surface area (Å²) in [5, 5.41) is -0.0806. The normalized spacial score (nSPS) is 15.1. The summed E-state index contributed by atoms with van der Waals surface area (Å²) in [6.45, 7) is 0. The quantitative estimate of drug-likeness (QED) is 0.633. The maximum atomic E-state index is 10.8. The summed E-state index contributed by atoms with van der Waals surface area (Å²) in [5.74, 6) is 0.444. The zero-order chi connectivity index (χ0) is 10.6. The van der Waals surface area contributed by atoms with Crippen LogP contribution in [0.4, 0.5) is 0 Å². The van der Waals surface area contributed by atoms with Gasteiger partial charge in [-0.15, -0.1) is 11.6 Å². The Morgan fingerprint density at radius 3 is 2.36 bits per heavy atom. The minimum atomic E-state index is -2.09. The summed E-state index contributed by atoms with van der Waals surface area (Å²) < 4.78 is 21.7. The Morgan fingerprint density at radius 1 is 1.43 bits per heavy atom. The molecule has 1 rings (SSSR count). The number of hydrogen-bond donors (Lipinski definition) is 0. The average molecular weight is 297 g/mol. The van der Waals surface area contributed by atoms with Gasteiger partial charge in [0.1, 0.15) is 0 Å². The topological polar surface area (TPSA) is 40.1 Å². The van der Waals surface area contributed by atoms with Crippen molar-refractivity contribution < 1.29 is 8.76 Å². The average Bonchev–Trinajstić information content (AvgIpc) is 2.19. The second kappa shape index (κ2) is 5.85. The first-order chi connectivity index (χ1) is 6.69. The molecule has 0 radical (unpaired) electrons. The Kier molecular flexibility index (Phi) is 5.09.